The highest BCUT2D eigenvalue weighted by Gasteiger charge is 2.32. The van der Waals surface area contributed by atoms with E-state index in [1.807, 2.05) is 17.0 Å². The number of benzene rings is 2. The summed E-state index contributed by atoms with van der Waals surface area (Å²) in [6.45, 7) is 0.860. The summed E-state index contributed by atoms with van der Waals surface area (Å²) >= 11 is 1.24. The minimum atomic E-state index is -1.30. The van der Waals surface area contributed by atoms with Crippen LogP contribution in [0.15, 0.2) is 34.1 Å². The summed E-state index contributed by atoms with van der Waals surface area (Å²) < 4.78 is 12.4. The van der Waals surface area contributed by atoms with E-state index >= 15 is 0 Å². The molecular formula is C22H19N3O7S. The molecule has 0 unspecified atom stereocenters. The average Bonchev–Trinajstić information content (AvgIpc) is 2.78. The molecule has 1 N–H and O–H groups in total. The van der Waals surface area contributed by atoms with Crippen molar-refractivity contribution in [2.24, 2.45) is 0 Å². The van der Waals surface area contributed by atoms with Crippen LogP contribution in [0.3, 0.4) is 0 Å². The van der Waals surface area contributed by atoms with Gasteiger partial charge in [-0.3, -0.25) is 14.9 Å². The second-order valence-corrected chi connectivity index (χ2v) is 8.71. The van der Waals surface area contributed by atoms with Gasteiger partial charge < -0.3 is 24.0 Å². The second-order valence-electron chi connectivity index (χ2n) is 7.78. The van der Waals surface area contributed by atoms with E-state index in [-0.39, 0.29) is 22.3 Å². The minimum absolute atomic E-state index is 0.125. The van der Waals surface area contributed by atoms with Gasteiger partial charge in [-0.1, -0.05) is 11.8 Å². The van der Waals surface area contributed by atoms with E-state index in [4.69, 9.17) is 9.47 Å². The quantitative estimate of drug-likeness (QED) is 0.443. The Morgan fingerprint density at radius 1 is 1.15 bits per heavy atom. The van der Waals surface area contributed by atoms with Gasteiger partial charge >= 0.3 is 5.97 Å². The lowest BCUT2D eigenvalue weighted by atomic mass is 9.97. The molecule has 5 rings (SSSR count). The number of anilines is 1. The number of nitro benzene ring substituents is 1. The Morgan fingerprint density at radius 3 is 2.42 bits per heavy atom. The molecule has 33 heavy (non-hydrogen) atoms. The number of aromatic nitrogens is 1. The number of nitrogens with zero attached hydrogens (tertiary/aromatic N) is 3. The molecule has 0 spiro atoms. The number of nitro groups is 1. The Bertz CT molecular complexity index is 1420. The summed E-state index contributed by atoms with van der Waals surface area (Å²) in [5, 5.41) is 22.0. The van der Waals surface area contributed by atoms with Crippen LogP contribution >= 0.6 is 11.8 Å². The van der Waals surface area contributed by atoms with E-state index in [0.717, 1.165) is 11.1 Å². The normalized spacial score (nSPS) is 14.3. The number of fused-ring (bicyclic) bond motifs is 4. The number of methoxy groups -OCH3 is 2. The highest BCUT2D eigenvalue weighted by atomic mass is 32.2. The van der Waals surface area contributed by atoms with Crippen molar-refractivity contribution in [2.75, 3.05) is 25.7 Å². The van der Waals surface area contributed by atoms with Crippen LogP contribution < -0.4 is 19.8 Å². The van der Waals surface area contributed by atoms with E-state index in [9.17, 15) is 24.8 Å². The topological polar surface area (TPSA) is 124 Å². The fourth-order valence-electron chi connectivity index (χ4n) is 4.46. The molecule has 0 fully saturated rings. The molecule has 10 nitrogen and oxygen atoms in total. The first-order chi connectivity index (χ1) is 15.8. The Labute approximate surface area is 191 Å². The molecule has 0 saturated carbocycles. The van der Waals surface area contributed by atoms with Crippen molar-refractivity contribution in [3.8, 4) is 11.5 Å². The van der Waals surface area contributed by atoms with E-state index in [0.29, 0.717) is 47.4 Å². The Morgan fingerprint density at radius 2 is 1.85 bits per heavy atom. The highest BCUT2D eigenvalue weighted by Crippen LogP contribution is 2.41. The van der Waals surface area contributed by atoms with E-state index in [1.165, 1.54) is 23.9 Å². The van der Waals surface area contributed by atoms with E-state index in [2.05, 4.69) is 0 Å². The van der Waals surface area contributed by atoms with Crippen molar-refractivity contribution in [1.82, 2.24) is 4.57 Å². The number of pyridine rings is 1. The fourth-order valence-corrected chi connectivity index (χ4v) is 5.41. The van der Waals surface area contributed by atoms with Crippen molar-refractivity contribution < 1.29 is 24.3 Å². The zero-order chi connectivity index (χ0) is 23.4. The van der Waals surface area contributed by atoms with Crippen molar-refractivity contribution >= 4 is 40.0 Å². The first-order valence-corrected chi connectivity index (χ1v) is 11.1. The molecule has 2 aliphatic rings. The first-order valence-electron chi connectivity index (χ1n) is 10.1. The molecule has 0 bridgehead atoms. The zero-order valence-electron chi connectivity index (χ0n) is 17.8. The smallest absolute Gasteiger partial charge is 0.342 e. The molecule has 170 valence electrons. The standard InChI is InChI=1S/C22H19N3O7S/c1-31-17-5-11-3-4-23(9-12(11)6-18(17)32-2)15-7-13-14(8-16(15)25(29)30)24-10-33-21(24)19(20(13)26)22(27)28/h5-8H,3-4,9-10H2,1-2H3,(H,27,28). The van der Waals surface area contributed by atoms with Crippen LogP contribution in [0.4, 0.5) is 11.4 Å². The van der Waals surface area contributed by atoms with Crippen molar-refractivity contribution in [1.29, 1.82) is 0 Å². The van der Waals surface area contributed by atoms with E-state index < -0.39 is 16.3 Å². The lowest BCUT2D eigenvalue weighted by molar-refractivity contribution is -0.384. The Balaban J connectivity index is 1.67. The average molecular weight is 469 g/mol. The summed E-state index contributed by atoms with van der Waals surface area (Å²) in [7, 11) is 3.11. The van der Waals surface area contributed by atoms with Crippen LogP contribution in [-0.4, -0.2) is 41.3 Å². The van der Waals surface area contributed by atoms with Crippen molar-refractivity contribution in [2.45, 2.75) is 23.9 Å². The maximum Gasteiger partial charge on any atom is 0.342 e. The molecule has 0 radical (unpaired) electrons. The number of rotatable bonds is 5. The second kappa shape index (κ2) is 7.69. The third kappa shape index (κ3) is 3.18. The number of thioether (sulfide) groups is 1. The summed E-state index contributed by atoms with van der Waals surface area (Å²) in [6.07, 6.45) is 0.616. The number of hydrogen-bond donors (Lipinski definition) is 1. The lowest BCUT2D eigenvalue weighted by Crippen LogP contribution is -2.31. The number of carbonyl (C=O) groups is 1. The first kappa shape index (κ1) is 21.1. The van der Waals surface area contributed by atoms with Gasteiger partial charge in [0.2, 0.25) is 5.43 Å². The van der Waals surface area contributed by atoms with Gasteiger partial charge in [0, 0.05) is 24.5 Å². The monoisotopic (exact) mass is 469 g/mol. The molecule has 1 aromatic heterocycles. The molecule has 0 atom stereocenters. The van der Waals surface area contributed by atoms with E-state index in [1.54, 1.807) is 18.8 Å². The van der Waals surface area contributed by atoms with Gasteiger partial charge in [0.1, 0.15) is 11.3 Å². The van der Waals surface area contributed by atoms with Crippen molar-refractivity contribution in [3.63, 3.8) is 0 Å². The zero-order valence-corrected chi connectivity index (χ0v) is 18.6. The number of hydrogen-bond acceptors (Lipinski definition) is 8. The molecule has 0 saturated heterocycles. The predicted octanol–water partition coefficient (Wildman–Crippen LogP) is 3.25. The third-order valence-electron chi connectivity index (χ3n) is 6.11. The molecule has 11 heteroatoms. The predicted molar refractivity (Wildman–Crippen MR) is 122 cm³/mol. The summed E-state index contributed by atoms with van der Waals surface area (Å²) in [5.74, 6) is 0.311. The number of carboxylic acids is 1. The van der Waals surface area contributed by atoms with Gasteiger partial charge in [-0.25, -0.2) is 4.79 Å². The van der Waals surface area contributed by atoms with Gasteiger partial charge in [0.25, 0.3) is 5.69 Å². The van der Waals surface area contributed by atoms with Crippen LogP contribution in [0, 0.1) is 10.1 Å². The summed E-state index contributed by atoms with van der Waals surface area (Å²) in [4.78, 5) is 38.1. The molecule has 0 amide bonds. The molecule has 3 heterocycles. The van der Waals surface area contributed by atoms with Gasteiger partial charge in [-0.15, -0.1) is 0 Å². The lowest BCUT2D eigenvalue weighted by Gasteiger charge is -2.32. The van der Waals surface area contributed by atoms with Crippen LogP contribution in [0.2, 0.25) is 0 Å². The Kier molecular flexibility index (Phi) is 4.93. The number of ether oxygens (including phenoxy) is 2. The summed E-state index contributed by atoms with van der Waals surface area (Å²) in [5.41, 5.74) is 1.60. The molecule has 0 aliphatic carbocycles. The summed E-state index contributed by atoms with van der Waals surface area (Å²) in [6, 6.07) is 6.60. The number of aromatic carboxylic acids is 1. The SMILES string of the molecule is COc1cc2c(cc1OC)CN(c1cc3c(=O)c(C(=O)O)c4n(c3cc1[N+](=O)[O-])CS4)CC2. The van der Waals surface area contributed by atoms with Crippen LogP contribution in [-0.2, 0) is 18.8 Å². The largest absolute Gasteiger partial charge is 0.493 e. The van der Waals surface area contributed by atoms with Gasteiger partial charge in [0.15, 0.2) is 11.5 Å². The Hall–Kier alpha value is -3.73. The molecule has 2 aromatic carbocycles. The fraction of sp³-hybridized carbons (Fsp3) is 0.273. The van der Waals surface area contributed by atoms with Crippen LogP contribution in [0.25, 0.3) is 10.9 Å². The molecular weight excluding hydrogens is 450 g/mol. The van der Waals surface area contributed by atoms with Crippen LogP contribution in [0.5, 0.6) is 11.5 Å². The van der Waals surface area contributed by atoms with Gasteiger partial charge in [-0.2, -0.15) is 0 Å². The number of carboxylic acid groups (broad SMARTS) is 1. The van der Waals surface area contributed by atoms with Crippen LogP contribution in [0.1, 0.15) is 21.5 Å². The molecule has 3 aromatic rings. The van der Waals surface area contributed by atoms with Gasteiger partial charge in [0.05, 0.1) is 35.6 Å². The maximum absolute atomic E-state index is 13.0. The maximum atomic E-state index is 13.0. The highest BCUT2D eigenvalue weighted by molar-refractivity contribution is 7.99. The third-order valence-corrected chi connectivity index (χ3v) is 7.20. The molecule has 2 aliphatic heterocycles. The van der Waals surface area contributed by atoms with Gasteiger partial charge in [-0.05, 0) is 35.7 Å². The minimum Gasteiger partial charge on any atom is -0.493 e. The van der Waals surface area contributed by atoms with Crippen molar-refractivity contribution in [3.05, 3.63) is 61.3 Å².